The number of benzene rings is 1. The number of esters is 1. The minimum atomic E-state index is -0.973. The van der Waals surface area contributed by atoms with Crippen LogP contribution in [0, 0.1) is 10.1 Å². The Morgan fingerprint density at radius 1 is 1.13 bits per heavy atom. The van der Waals surface area contributed by atoms with Crippen molar-refractivity contribution in [3.05, 3.63) is 88.3 Å². The summed E-state index contributed by atoms with van der Waals surface area (Å²) in [6.07, 6.45) is 3.33. The van der Waals surface area contributed by atoms with Crippen molar-refractivity contribution < 1.29 is 28.1 Å². The fraction of sp³-hybridized carbons (Fsp3) is 0.150. The summed E-state index contributed by atoms with van der Waals surface area (Å²) in [5, 5.41) is 16.6. The van der Waals surface area contributed by atoms with Gasteiger partial charge in [-0.15, -0.1) is 0 Å². The molecule has 0 saturated heterocycles. The van der Waals surface area contributed by atoms with Crippen molar-refractivity contribution in [2.24, 2.45) is 5.10 Å². The average Bonchev–Trinajstić information content (AvgIpc) is 3.51. The van der Waals surface area contributed by atoms with E-state index < -0.39 is 35.1 Å². The third-order valence-electron chi connectivity index (χ3n) is 4.49. The van der Waals surface area contributed by atoms with Gasteiger partial charge in [-0.25, -0.2) is 9.80 Å². The summed E-state index contributed by atoms with van der Waals surface area (Å²) in [4.78, 5) is 35.4. The molecular formula is C20H15N3O7. The number of nitro groups is 1. The van der Waals surface area contributed by atoms with Gasteiger partial charge in [-0.1, -0.05) is 12.1 Å². The van der Waals surface area contributed by atoms with Crippen molar-refractivity contribution in [2.45, 2.75) is 12.5 Å². The second kappa shape index (κ2) is 8.03. The van der Waals surface area contributed by atoms with Gasteiger partial charge >= 0.3 is 5.97 Å². The number of nitrogens with zero attached hydrogens (tertiary/aromatic N) is 3. The topological polar surface area (TPSA) is 128 Å². The van der Waals surface area contributed by atoms with Crippen molar-refractivity contribution in [2.75, 3.05) is 6.61 Å². The molecule has 1 aromatic carbocycles. The molecule has 3 heterocycles. The normalized spacial score (nSPS) is 15.7. The van der Waals surface area contributed by atoms with E-state index in [1.54, 1.807) is 24.3 Å². The Labute approximate surface area is 169 Å². The van der Waals surface area contributed by atoms with Crippen LogP contribution in [0.1, 0.15) is 34.3 Å². The molecule has 4 rings (SSSR count). The number of carbonyl (C=O) groups is 2. The minimum absolute atomic E-state index is 0.237. The highest BCUT2D eigenvalue weighted by atomic mass is 16.6. The Hall–Kier alpha value is -4.21. The van der Waals surface area contributed by atoms with Gasteiger partial charge in [-0.3, -0.25) is 14.9 Å². The second-order valence-corrected chi connectivity index (χ2v) is 6.35. The van der Waals surface area contributed by atoms with E-state index in [1.165, 1.54) is 41.8 Å². The molecule has 3 aromatic rings. The maximum atomic E-state index is 12.8. The van der Waals surface area contributed by atoms with E-state index in [0.29, 0.717) is 23.7 Å². The minimum Gasteiger partial charge on any atom is -0.467 e. The number of para-hydroxylation sites is 1. The van der Waals surface area contributed by atoms with Gasteiger partial charge in [0.1, 0.15) is 28.8 Å². The average molecular weight is 409 g/mol. The van der Waals surface area contributed by atoms with E-state index in [9.17, 15) is 19.7 Å². The predicted molar refractivity (Wildman–Crippen MR) is 102 cm³/mol. The van der Waals surface area contributed by atoms with Gasteiger partial charge in [-0.2, -0.15) is 5.10 Å². The lowest BCUT2D eigenvalue weighted by Crippen LogP contribution is -2.31. The van der Waals surface area contributed by atoms with Gasteiger partial charge in [0.15, 0.2) is 6.61 Å². The van der Waals surface area contributed by atoms with Gasteiger partial charge in [0.2, 0.25) is 0 Å². The Morgan fingerprint density at radius 2 is 1.90 bits per heavy atom. The van der Waals surface area contributed by atoms with Crippen LogP contribution in [0.2, 0.25) is 0 Å². The zero-order valence-corrected chi connectivity index (χ0v) is 15.5. The molecule has 10 nitrogen and oxygen atoms in total. The standard InChI is InChI=1S/C20H15N3O7/c24-19(12-30-20(25)13-5-1-2-6-15(13)23(26)27)22-16(18-8-4-10-29-18)11-14(21-22)17-7-3-9-28-17/h1-10,16H,11-12H2. The zero-order chi connectivity index (χ0) is 21.1. The predicted octanol–water partition coefficient (Wildman–Crippen LogP) is 3.32. The first-order chi connectivity index (χ1) is 14.5. The van der Waals surface area contributed by atoms with Crippen LogP contribution in [-0.4, -0.2) is 34.1 Å². The summed E-state index contributed by atoms with van der Waals surface area (Å²) in [6.45, 7) is -0.642. The molecule has 1 amide bonds. The van der Waals surface area contributed by atoms with Crippen LogP contribution in [0.25, 0.3) is 0 Å². The summed E-state index contributed by atoms with van der Waals surface area (Å²) in [7, 11) is 0. The molecule has 0 radical (unpaired) electrons. The van der Waals surface area contributed by atoms with Crippen molar-refractivity contribution in [1.82, 2.24) is 5.01 Å². The number of hydrogen-bond donors (Lipinski definition) is 0. The molecule has 152 valence electrons. The van der Waals surface area contributed by atoms with Crippen molar-refractivity contribution in [3.63, 3.8) is 0 Å². The molecule has 0 fully saturated rings. The molecule has 1 atom stereocenters. The molecule has 0 aliphatic carbocycles. The molecule has 1 aliphatic heterocycles. The first kappa shape index (κ1) is 19.1. The van der Waals surface area contributed by atoms with E-state index in [2.05, 4.69) is 5.10 Å². The van der Waals surface area contributed by atoms with E-state index in [0.717, 1.165) is 0 Å². The van der Waals surface area contributed by atoms with Crippen LogP contribution >= 0.6 is 0 Å². The Bertz CT molecular complexity index is 1100. The summed E-state index contributed by atoms with van der Waals surface area (Å²) in [5.41, 5.74) is -0.0958. The van der Waals surface area contributed by atoms with Crippen LogP contribution < -0.4 is 0 Å². The highest BCUT2D eigenvalue weighted by Gasteiger charge is 2.36. The summed E-state index contributed by atoms with van der Waals surface area (Å²) in [6, 6.07) is 11.7. The molecule has 0 bridgehead atoms. The van der Waals surface area contributed by atoms with Crippen LogP contribution in [0.15, 0.2) is 75.0 Å². The smallest absolute Gasteiger partial charge is 0.345 e. The molecule has 1 aliphatic rings. The Morgan fingerprint density at radius 3 is 2.60 bits per heavy atom. The molecule has 30 heavy (non-hydrogen) atoms. The largest absolute Gasteiger partial charge is 0.467 e. The molecule has 0 saturated carbocycles. The van der Waals surface area contributed by atoms with E-state index >= 15 is 0 Å². The molecule has 0 spiro atoms. The van der Waals surface area contributed by atoms with Gasteiger partial charge in [0.25, 0.3) is 11.6 Å². The quantitative estimate of drug-likeness (QED) is 0.347. The summed E-state index contributed by atoms with van der Waals surface area (Å²) >= 11 is 0. The zero-order valence-electron chi connectivity index (χ0n) is 15.5. The van der Waals surface area contributed by atoms with Gasteiger partial charge in [0.05, 0.1) is 17.4 Å². The fourth-order valence-electron chi connectivity index (χ4n) is 3.11. The van der Waals surface area contributed by atoms with Gasteiger partial charge in [0, 0.05) is 12.5 Å². The van der Waals surface area contributed by atoms with Crippen molar-refractivity contribution in [3.8, 4) is 0 Å². The number of ether oxygens (including phenoxy) is 1. The highest BCUT2D eigenvalue weighted by molar-refractivity contribution is 6.01. The molecular weight excluding hydrogens is 394 g/mol. The first-order valence-corrected chi connectivity index (χ1v) is 8.92. The van der Waals surface area contributed by atoms with Gasteiger partial charge in [-0.05, 0) is 30.3 Å². The number of hydrogen-bond acceptors (Lipinski definition) is 8. The third kappa shape index (κ3) is 3.70. The molecule has 1 unspecified atom stereocenters. The van der Waals surface area contributed by atoms with Crippen molar-refractivity contribution in [1.29, 1.82) is 0 Å². The SMILES string of the molecule is O=C(OCC(=O)N1N=C(c2ccco2)CC1c1ccco1)c1ccccc1[N+](=O)[O-]. The molecule has 10 heteroatoms. The number of nitro benzene ring substituents is 1. The number of furan rings is 2. The second-order valence-electron chi connectivity index (χ2n) is 6.35. The van der Waals surface area contributed by atoms with Crippen LogP contribution in [0.5, 0.6) is 0 Å². The van der Waals surface area contributed by atoms with E-state index in [-0.39, 0.29) is 5.56 Å². The van der Waals surface area contributed by atoms with Crippen LogP contribution in [0.4, 0.5) is 5.69 Å². The maximum Gasteiger partial charge on any atom is 0.345 e. The van der Waals surface area contributed by atoms with Crippen LogP contribution in [-0.2, 0) is 9.53 Å². The van der Waals surface area contributed by atoms with Crippen molar-refractivity contribution >= 4 is 23.3 Å². The maximum absolute atomic E-state index is 12.8. The number of carbonyl (C=O) groups excluding carboxylic acids is 2. The summed E-state index contributed by atoms with van der Waals surface area (Å²) in [5.74, 6) is -0.554. The molecule has 0 N–H and O–H groups in total. The Kier molecular flexibility index (Phi) is 5.12. The lowest BCUT2D eigenvalue weighted by atomic mass is 10.1. The van der Waals surface area contributed by atoms with Crippen LogP contribution in [0.3, 0.4) is 0 Å². The lowest BCUT2D eigenvalue weighted by Gasteiger charge is -2.19. The lowest BCUT2D eigenvalue weighted by molar-refractivity contribution is -0.385. The van der Waals surface area contributed by atoms with E-state index in [1.807, 2.05) is 0 Å². The van der Waals surface area contributed by atoms with E-state index in [4.69, 9.17) is 13.6 Å². The number of amides is 1. The Balaban J connectivity index is 1.51. The monoisotopic (exact) mass is 409 g/mol. The molecule has 2 aromatic heterocycles. The van der Waals surface area contributed by atoms with Gasteiger partial charge < -0.3 is 13.6 Å². The number of hydrazone groups is 1. The number of rotatable bonds is 6. The summed E-state index contributed by atoms with van der Waals surface area (Å²) < 4.78 is 15.8. The highest BCUT2D eigenvalue weighted by Crippen LogP contribution is 2.33. The first-order valence-electron chi connectivity index (χ1n) is 8.92. The fourth-order valence-corrected chi connectivity index (χ4v) is 3.11. The third-order valence-corrected chi connectivity index (χ3v) is 4.49.